The Balaban J connectivity index is 1.63. The number of benzene rings is 3. The van der Waals surface area contributed by atoms with Crippen LogP contribution in [-0.2, 0) is 9.59 Å². The van der Waals surface area contributed by atoms with Gasteiger partial charge in [0.25, 0.3) is 0 Å². The van der Waals surface area contributed by atoms with Crippen molar-refractivity contribution >= 4 is 29.7 Å². The zero-order valence-corrected chi connectivity index (χ0v) is 17.3. The van der Waals surface area contributed by atoms with Crippen molar-refractivity contribution < 1.29 is 23.9 Å². The van der Waals surface area contributed by atoms with Crippen LogP contribution in [0.3, 0.4) is 0 Å². The molecule has 3 aromatic carbocycles. The van der Waals surface area contributed by atoms with Crippen molar-refractivity contribution in [3.05, 3.63) is 90.0 Å². The molecule has 0 aliphatic heterocycles. The van der Waals surface area contributed by atoms with E-state index in [0.717, 1.165) is 0 Å². The summed E-state index contributed by atoms with van der Waals surface area (Å²) in [4.78, 5) is 36.1. The normalized spacial score (nSPS) is 10.4. The monoisotopic (exact) mass is 431 g/mol. The summed E-state index contributed by atoms with van der Waals surface area (Å²) in [5.41, 5.74) is 3.64. The minimum atomic E-state index is -0.913. The fourth-order valence-corrected chi connectivity index (χ4v) is 2.62. The van der Waals surface area contributed by atoms with E-state index in [0.29, 0.717) is 29.2 Å². The van der Waals surface area contributed by atoms with Gasteiger partial charge in [0.05, 0.1) is 18.4 Å². The van der Waals surface area contributed by atoms with Crippen LogP contribution in [0.25, 0.3) is 0 Å². The number of amides is 2. The third-order valence-corrected chi connectivity index (χ3v) is 4.10. The molecule has 8 nitrogen and oxygen atoms in total. The van der Waals surface area contributed by atoms with E-state index in [4.69, 9.17) is 9.47 Å². The standard InChI is InChI=1S/C24H21N3O5/c1-2-31-21-15-17(13-14-20(21)32-24(30)18-9-5-3-6-10-18)16-25-27-23(29)22(28)26-19-11-7-4-8-12-19/h3-16H,2H2,1H3,(H,26,28)(H,27,29)/b25-16+. The number of hydrogen-bond donors (Lipinski definition) is 2. The van der Waals surface area contributed by atoms with Gasteiger partial charge in [0, 0.05) is 5.69 Å². The maximum atomic E-state index is 12.3. The lowest BCUT2D eigenvalue weighted by Gasteiger charge is -2.11. The Morgan fingerprint density at radius 1 is 0.875 bits per heavy atom. The zero-order chi connectivity index (χ0) is 22.8. The molecule has 0 saturated heterocycles. The summed E-state index contributed by atoms with van der Waals surface area (Å²) < 4.78 is 11.0. The van der Waals surface area contributed by atoms with Crippen molar-refractivity contribution in [2.75, 3.05) is 11.9 Å². The van der Waals surface area contributed by atoms with Gasteiger partial charge in [-0.25, -0.2) is 10.2 Å². The van der Waals surface area contributed by atoms with Gasteiger partial charge in [-0.05, 0) is 55.0 Å². The van der Waals surface area contributed by atoms with E-state index in [1.807, 2.05) is 0 Å². The lowest BCUT2D eigenvalue weighted by molar-refractivity contribution is -0.136. The van der Waals surface area contributed by atoms with Gasteiger partial charge < -0.3 is 14.8 Å². The third-order valence-electron chi connectivity index (χ3n) is 4.10. The van der Waals surface area contributed by atoms with Gasteiger partial charge in [0.2, 0.25) is 0 Å². The first-order chi connectivity index (χ1) is 15.6. The molecule has 0 radical (unpaired) electrons. The molecule has 0 aliphatic rings. The summed E-state index contributed by atoms with van der Waals surface area (Å²) in [6.45, 7) is 2.15. The Morgan fingerprint density at radius 2 is 1.56 bits per heavy atom. The van der Waals surface area contributed by atoms with Gasteiger partial charge in [-0.2, -0.15) is 5.10 Å². The van der Waals surface area contributed by atoms with Crippen LogP contribution in [0.4, 0.5) is 5.69 Å². The number of carbonyl (C=O) groups excluding carboxylic acids is 3. The molecule has 2 amide bonds. The second-order valence-electron chi connectivity index (χ2n) is 6.41. The Kier molecular flexibility index (Phi) is 7.69. The molecule has 0 fully saturated rings. The number of nitrogens with zero attached hydrogens (tertiary/aromatic N) is 1. The van der Waals surface area contributed by atoms with E-state index in [1.54, 1.807) is 85.8 Å². The summed E-state index contributed by atoms with van der Waals surface area (Å²) >= 11 is 0. The molecule has 2 N–H and O–H groups in total. The molecule has 162 valence electrons. The minimum Gasteiger partial charge on any atom is -0.490 e. The molecule has 0 heterocycles. The quantitative estimate of drug-likeness (QED) is 0.196. The Hall–Kier alpha value is -4.46. The number of ether oxygens (including phenoxy) is 2. The first kappa shape index (κ1) is 22.2. The molecule has 32 heavy (non-hydrogen) atoms. The summed E-state index contributed by atoms with van der Waals surface area (Å²) in [7, 11) is 0. The second-order valence-corrected chi connectivity index (χ2v) is 6.41. The largest absolute Gasteiger partial charge is 0.490 e. The molecule has 0 saturated carbocycles. The number of rotatable bonds is 7. The number of para-hydroxylation sites is 1. The Labute approximate surface area is 184 Å². The number of anilines is 1. The van der Waals surface area contributed by atoms with Crippen LogP contribution in [-0.4, -0.2) is 30.6 Å². The van der Waals surface area contributed by atoms with Crippen molar-refractivity contribution in [1.82, 2.24) is 5.43 Å². The zero-order valence-electron chi connectivity index (χ0n) is 17.3. The van der Waals surface area contributed by atoms with E-state index >= 15 is 0 Å². The first-order valence-electron chi connectivity index (χ1n) is 9.80. The van der Waals surface area contributed by atoms with Gasteiger partial charge in [0.1, 0.15) is 0 Å². The number of hydrogen-bond acceptors (Lipinski definition) is 6. The second kappa shape index (κ2) is 11.1. The van der Waals surface area contributed by atoms with Crippen LogP contribution < -0.4 is 20.2 Å². The topological polar surface area (TPSA) is 106 Å². The average molecular weight is 431 g/mol. The molecule has 0 aromatic heterocycles. The van der Waals surface area contributed by atoms with Crippen LogP contribution >= 0.6 is 0 Å². The van der Waals surface area contributed by atoms with Gasteiger partial charge in [-0.3, -0.25) is 9.59 Å². The van der Waals surface area contributed by atoms with Crippen LogP contribution in [0.5, 0.6) is 11.5 Å². The predicted molar refractivity (Wildman–Crippen MR) is 120 cm³/mol. The Morgan fingerprint density at radius 3 is 2.25 bits per heavy atom. The predicted octanol–water partition coefficient (Wildman–Crippen LogP) is 3.39. The van der Waals surface area contributed by atoms with Crippen molar-refractivity contribution in [2.24, 2.45) is 5.10 Å². The molecule has 3 aromatic rings. The highest BCUT2D eigenvalue weighted by Crippen LogP contribution is 2.29. The molecule has 0 spiro atoms. The Bertz CT molecular complexity index is 1110. The SMILES string of the molecule is CCOc1cc(/C=N/NC(=O)C(=O)Nc2ccccc2)ccc1OC(=O)c1ccccc1. The minimum absolute atomic E-state index is 0.254. The summed E-state index contributed by atoms with van der Waals surface area (Å²) in [6.07, 6.45) is 1.35. The van der Waals surface area contributed by atoms with Gasteiger partial charge >= 0.3 is 17.8 Å². The molecule has 0 unspecified atom stereocenters. The average Bonchev–Trinajstić information content (AvgIpc) is 2.82. The van der Waals surface area contributed by atoms with Crippen LogP contribution in [0.2, 0.25) is 0 Å². The van der Waals surface area contributed by atoms with E-state index in [1.165, 1.54) is 6.21 Å². The van der Waals surface area contributed by atoms with Gasteiger partial charge in [-0.1, -0.05) is 36.4 Å². The molecular weight excluding hydrogens is 410 g/mol. The lowest BCUT2D eigenvalue weighted by Crippen LogP contribution is -2.32. The number of nitrogens with one attached hydrogen (secondary N) is 2. The fourth-order valence-electron chi connectivity index (χ4n) is 2.62. The maximum Gasteiger partial charge on any atom is 0.343 e. The van der Waals surface area contributed by atoms with Crippen LogP contribution in [0.15, 0.2) is 84.0 Å². The summed E-state index contributed by atoms with van der Waals surface area (Å²) in [5, 5.41) is 6.26. The van der Waals surface area contributed by atoms with Crippen molar-refractivity contribution in [3.63, 3.8) is 0 Å². The van der Waals surface area contributed by atoms with Crippen LogP contribution in [0, 0.1) is 0 Å². The van der Waals surface area contributed by atoms with E-state index < -0.39 is 17.8 Å². The molecule has 0 aliphatic carbocycles. The van der Waals surface area contributed by atoms with Crippen molar-refractivity contribution in [2.45, 2.75) is 6.92 Å². The highest BCUT2D eigenvalue weighted by Gasteiger charge is 2.14. The summed E-state index contributed by atoms with van der Waals surface area (Å²) in [6, 6.07) is 22.0. The molecule has 0 bridgehead atoms. The van der Waals surface area contributed by atoms with E-state index in [-0.39, 0.29) is 5.75 Å². The highest BCUT2D eigenvalue weighted by molar-refractivity contribution is 6.39. The number of esters is 1. The lowest BCUT2D eigenvalue weighted by atomic mass is 10.2. The smallest absolute Gasteiger partial charge is 0.343 e. The molecule has 3 rings (SSSR count). The van der Waals surface area contributed by atoms with Gasteiger partial charge in [0.15, 0.2) is 11.5 Å². The molecule has 0 atom stereocenters. The molecule has 8 heteroatoms. The van der Waals surface area contributed by atoms with E-state index in [2.05, 4.69) is 15.8 Å². The summed E-state index contributed by atoms with van der Waals surface area (Å²) in [5.74, 6) is -1.67. The molecular formula is C24H21N3O5. The van der Waals surface area contributed by atoms with Crippen molar-refractivity contribution in [1.29, 1.82) is 0 Å². The van der Waals surface area contributed by atoms with Gasteiger partial charge in [-0.15, -0.1) is 0 Å². The number of hydrazone groups is 1. The highest BCUT2D eigenvalue weighted by atomic mass is 16.6. The fraction of sp³-hybridized carbons (Fsp3) is 0.0833. The van der Waals surface area contributed by atoms with Crippen LogP contribution in [0.1, 0.15) is 22.8 Å². The first-order valence-corrected chi connectivity index (χ1v) is 9.80. The van der Waals surface area contributed by atoms with E-state index in [9.17, 15) is 14.4 Å². The third kappa shape index (κ3) is 6.27. The number of carbonyl (C=O) groups is 3. The van der Waals surface area contributed by atoms with Crippen molar-refractivity contribution in [3.8, 4) is 11.5 Å². The maximum absolute atomic E-state index is 12.3.